The molecule has 3 N–H and O–H groups in total. The SMILES string of the molecule is CCCCN1C(=O)[C@H](CC2CCCCC2)NC(=O)C12CCN(Cc1ccc(C(=O)NCc3ccc(CO)cc3)cc1)CC2. The van der Waals surface area contributed by atoms with Crippen LogP contribution in [0, 0.1) is 5.92 Å². The number of carbonyl (C=O) groups is 3. The van der Waals surface area contributed by atoms with E-state index >= 15 is 0 Å². The molecular formula is C35H48N4O4. The summed E-state index contributed by atoms with van der Waals surface area (Å²) in [6, 6.07) is 14.9. The van der Waals surface area contributed by atoms with Crippen LogP contribution in [0.25, 0.3) is 0 Å². The van der Waals surface area contributed by atoms with E-state index in [-0.39, 0.29) is 30.4 Å². The monoisotopic (exact) mass is 588 g/mol. The summed E-state index contributed by atoms with van der Waals surface area (Å²) in [4.78, 5) is 44.5. The van der Waals surface area contributed by atoms with E-state index in [9.17, 15) is 19.5 Å². The normalized spacial score (nSPS) is 21.2. The van der Waals surface area contributed by atoms with Crippen molar-refractivity contribution in [1.29, 1.82) is 0 Å². The van der Waals surface area contributed by atoms with Crippen molar-refractivity contribution in [3.8, 4) is 0 Å². The van der Waals surface area contributed by atoms with Crippen LogP contribution in [0.5, 0.6) is 0 Å². The highest BCUT2D eigenvalue weighted by atomic mass is 16.3. The molecule has 8 nitrogen and oxygen atoms in total. The Morgan fingerprint density at radius 3 is 2.26 bits per heavy atom. The third-order valence-corrected chi connectivity index (χ3v) is 9.80. The van der Waals surface area contributed by atoms with E-state index in [0.717, 1.165) is 55.6 Å². The van der Waals surface area contributed by atoms with Crippen molar-refractivity contribution >= 4 is 17.7 Å². The van der Waals surface area contributed by atoms with Crippen LogP contribution in [0.1, 0.15) is 98.2 Å². The first kappa shape index (κ1) is 31.2. The summed E-state index contributed by atoms with van der Waals surface area (Å²) in [5.74, 6) is 0.584. The van der Waals surface area contributed by atoms with Gasteiger partial charge in [0, 0.05) is 38.3 Å². The Hall–Kier alpha value is -3.23. The van der Waals surface area contributed by atoms with Crippen LogP contribution in [-0.2, 0) is 29.3 Å². The van der Waals surface area contributed by atoms with Gasteiger partial charge in [0.05, 0.1) is 6.61 Å². The molecule has 2 aliphatic heterocycles. The number of benzene rings is 2. The number of aliphatic hydroxyl groups excluding tert-OH is 1. The van der Waals surface area contributed by atoms with E-state index in [2.05, 4.69) is 22.5 Å². The minimum Gasteiger partial charge on any atom is -0.392 e. The smallest absolute Gasteiger partial charge is 0.251 e. The van der Waals surface area contributed by atoms with Crippen LogP contribution in [0.3, 0.4) is 0 Å². The van der Waals surface area contributed by atoms with Gasteiger partial charge in [0.2, 0.25) is 11.8 Å². The average molecular weight is 589 g/mol. The fourth-order valence-electron chi connectivity index (χ4n) is 7.08. The number of amides is 3. The zero-order chi connectivity index (χ0) is 30.2. The molecule has 1 saturated carbocycles. The highest BCUT2D eigenvalue weighted by molar-refractivity contribution is 6.00. The molecule has 3 amide bonds. The summed E-state index contributed by atoms with van der Waals surface area (Å²) in [7, 11) is 0. The topological polar surface area (TPSA) is 102 Å². The lowest BCUT2D eigenvalue weighted by Gasteiger charge is -2.52. The zero-order valence-electron chi connectivity index (χ0n) is 25.7. The summed E-state index contributed by atoms with van der Waals surface area (Å²) < 4.78 is 0. The first-order chi connectivity index (χ1) is 20.9. The Kier molecular flexibility index (Phi) is 10.5. The number of likely N-dealkylation sites (tertiary alicyclic amines) is 1. The minimum absolute atomic E-state index is 0.00443. The Morgan fingerprint density at radius 2 is 1.60 bits per heavy atom. The molecule has 3 fully saturated rings. The van der Waals surface area contributed by atoms with E-state index in [1.807, 2.05) is 53.4 Å². The average Bonchev–Trinajstić information content (AvgIpc) is 3.04. The van der Waals surface area contributed by atoms with Gasteiger partial charge in [0.1, 0.15) is 11.6 Å². The Morgan fingerprint density at radius 1 is 0.953 bits per heavy atom. The largest absolute Gasteiger partial charge is 0.392 e. The second kappa shape index (κ2) is 14.5. The molecule has 1 spiro atoms. The van der Waals surface area contributed by atoms with Gasteiger partial charge in [-0.05, 0) is 60.4 Å². The Balaban J connectivity index is 1.15. The fraction of sp³-hybridized carbons (Fsp3) is 0.571. The van der Waals surface area contributed by atoms with Gasteiger partial charge in [0.25, 0.3) is 5.91 Å². The van der Waals surface area contributed by atoms with Crippen LogP contribution in [0.4, 0.5) is 0 Å². The van der Waals surface area contributed by atoms with Crippen LogP contribution in [-0.4, -0.2) is 63.8 Å². The Bertz CT molecular complexity index is 1230. The van der Waals surface area contributed by atoms with E-state index in [1.165, 1.54) is 32.1 Å². The van der Waals surface area contributed by atoms with Crippen LogP contribution in [0.15, 0.2) is 48.5 Å². The standard InChI is InChI=1S/C35H48N4O4/c1-2-3-19-39-33(42)31(22-26-7-5-4-6-8-26)37-34(43)35(39)17-20-38(21-18-35)24-28-13-15-30(16-14-28)32(41)36-23-27-9-11-29(25-40)12-10-27/h9-16,26,31,40H,2-8,17-25H2,1H3,(H,36,41)(H,37,43)/t31-/m0/s1. The molecule has 8 heteroatoms. The number of unbranched alkanes of at least 4 members (excludes halogenated alkanes) is 1. The molecule has 0 bridgehead atoms. The highest BCUT2D eigenvalue weighted by Crippen LogP contribution is 2.36. The summed E-state index contributed by atoms with van der Waals surface area (Å²) in [6.45, 7) is 5.45. The number of nitrogens with one attached hydrogen (secondary N) is 2. The molecule has 2 aromatic rings. The number of hydrogen-bond donors (Lipinski definition) is 3. The van der Waals surface area contributed by atoms with Gasteiger partial charge in [-0.15, -0.1) is 0 Å². The first-order valence-electron chi connectivity index (χ1n) is 16.3. The molecule has 0 unspecified atom stereocenters. The van der Waals surface area contributed by atoms with E-state index < -0.39 is 5.54 Å². The van der Waals surface area contributed by atoms with Gasteiger partial charge in [-0.1, -0.05) is 81.8 Å². The number of carbonyl (C=O) groups excluding carboxylic acids is 3. The molecule has 43 heavy (non-hydrogen) atoms. The highest BCUT2D eigenvalue weighted by Gasteiger charge is 2.53. The number of piperazine rings is 1. The van der Waals surface area contributed by atoms with Crippen molar-refractivity contribution in [2.24, 2.45) is 5.92 Å². The second-order valence-electron chi connectivity index (χ2n) is 12.8. The van der Waals surface area contributed by atoms with E-state index in [1.54, 1.807) is 0 Å². The molecule has 2 saturated heterocycles. The van der Waals surface area contributed by atoms with Gasteiger partial charge >= 0.3 is 0 Å². The third-order valence-electron chi connectivity index (χ3n) is 9.80. The van der Waals surface area contributed by atoms with Gasteiger partial charge in [-0.25, -0.2) is 0 Å². The summed E-state index contributed by atoms with van der Waals surface area (Å²) in [5.41, 5.74) is 2.81. The minimum atomic E-state index is -0.744. The summed E-state index contributed by atoms with van der Waals surface area (Å²) >= 11 is 0. The number of aliphatic hydroxyl groups is 1. The van der Waals surface area contributed by atoms with Crippen molar-refractivity contribution in [1.82, 2.24) is 20.4 Å². The molecule has 1 atom stereocenters. The number of nitrogens with zero attached hydrogens (tertiary/aromatic N) is 2. The van der Waals surface area contributed by atoms with Crippen molar-refractivity contribution < 1.29 is 19.5 Å². The van der Waals surface area contributed by atoms with Crippen LogP contribution >= 0.6 is 0 Å². The van der Waals surface area contributed by atoms with Crippen molar-refractivity contribution in [2.45, 2.75) is 102 Å². The molecule has 1 aliphatic carbocycles. The molecule has 232 valence electrons. The number of rotatable bonds is 11. The maximum Gasteiger partial charge on any atom is 0.251 e. The van der Waals surface area contributed by atoms with Gasteiger partial charge in [-0.3, -0.25) is 19.3 Å². The van der Waals surface area contributed by atoms with E-state index in [4.69, 9.17) is 0 Å². The van der Waals surface area contributed by atoms with Gasteiger partial charge < -0.3 is 20.6 Å². The molecular weight excluding hydrogens is 540 g/mol. The lowest BCUT2D eigenvalue weighted by molar-refractivity contribution is -0.162. The molecule has 3 aliphatic rings. The predicted molar refractivity (Wildman–Crippen MR) is 167 cm³/mol. The van der Waals surface area contributed by atoms with Crippen molar-refractivity contribution in [3.05, 3.63) is 70.8 Å². The molecule has 0 aromatic heterocycles. The Labute approximate surface area is 256 Å². The first-order valence-corrected chi connectivity index (χ1v) is 16.3. The second-order valence-corrected chi connectivity index (χ2v) is 12.8. The van der Waals surface area contributed by atoms with Crippen molar-refractivity contribution in [3.63, 3.8) is 0 Å². The van der Waals surface area contributed by atoms with Crippen LogP contribution < -0.4 is 10.6 Å². The van der Waals surface area contributed by atoms with Crippen molar-refractivity contribution in [2.75, 3.05) is 19.6 Å². The van der Waals surface area contributed by atoms with E-state index in [0.29, 0.717) is 37.4 Å². The van der Waals surface area contributed by atoms with Gasteiger partial charge in [-0.2, -0.15) is 0 Å². The molecule has 2 heterocycles. The lowest BCUT2D eigenvalue weighted by atomic mass is 9.79. The predicted octanol–water partition coefficient (Wildman–Crippen LogP) is 4.54. The number of piperidine rings is 1. The third kappa shape index (κ3) is 7.47. The zero-order valence-corrected chi connectivity index (χ0v) is 25.7. The lowest BCUT2D eigenvalue weighted by Crippen LogP contribution is -2.73. The molecule has 0 radical (unpaired) electrons. The number of hydrogen-bond acceptors (Lipinski definition) is 5. The maximum absolute atomic E-state index is 13.8. The van der Waals surface area contributed by atoms with Crippen LogP contribution in [0.2, 0.25) is 0 Å². The fourth-order valence-corrected chi connectivity index (χ4v) is 7.08. The maximum atomic E-state index is 13.8. The molecule has 2 aromatic carbocycles. The van der Waals surface area contributed by atoms with Gasteiger partial charge in [0.15, 0.2) is 0 Å². The summed E-state index contributed by atoms with van der Waals surface area (Å²) in [6.07, 6.45) is 10.1. The molecule has 5 rings (SSSR count). The summed E-state index contributed by atoms with van der Waals surface area (Å²) in [5, 5.41) is 15.3. The quantitative estimate of drug-likeness (QED) is 0.358.